The van der Waals surface area contributed by atoms with E-state index in [-0.39, 0.29) is 5.91 Å². The summed E-state index contributed by atoms with van der Waals surface area (Å²) in [7, 11) is 0. The van der Waals surface area contributed by atoms with Crippen LogP contribution in [0.3, 0.4) is 0 Å². The molecule has 0 N–H and O–H groups in total. The van der Waals surface area contributed by atoms with E-state index in [0.29, 0.717) is 22.1 Å². The summed E-state index contributed by atoms with van der Waals surface area (Å²) in [5.41, 5.74) is 0.897. The van der Waals surface area contributed by atoms with Crippen LogP contribution in [0.2, 0.25) is 10.0 Å². The minimum atomic E-state index is 0.124. The maximum absolute atomic E-state index is 12.8. The summed E-state index contributed by atoms with van der Waals surface area (Å²) >= 11 is 12.0. The second-order valence-corrected chi connectivity index (χ2v) is 7.46. The zero-order valence-corrected chi connectivity index (χ0v) is 15.6. The number of benzene rings is 1. The predicted molar refractivity (Wildman–Crippen MR) is 101 cm³/mol. The highest BCUT2D eigenvalue weighted by Gasteiger charge is 2.37. The average molecular weight is 367 g/mol. The molecule has 3 rings (SSSR count). The number of halogens is 2. The van der Waals surface area contributed by atoms with Crippen molar-refractivity contribution >= 4 is 35.2 Å². The molecule has 2 aliphatic rings. The number of hydrogen-bond acceptors (Lipinski definition) is 2. The van der Waals surface area contributed by atoms with Crippen LogP contribution >= 0.6 is 23.2 Å². The molecule has 0 unspecified atom stereocenters. The Morgan fingerprint density at radius 2 is 1.83 bits per heavy atom. The van der Waals surface area contributed by atoms with Gasteiger partial charge in [0.05, 0.1) is 10.0 Å². The molecule has 0 aromatic heterocycles. The third-order valence-electron chi connectivity index (χ3n) is 4.95. The number of hydrogen-bond donors (Lipinski definition) is 0. The molecule has 24 heavy (non-hydrogen) atoms. The van der Waals surface area contributed by atoms with Gasteiger partial charge in [0.25, 0.3) is 0 Å². The van der Waals surface area contributed by atoms with E-state index in [4.69, 9.17) is 23.2 Å². The van der Waals surface area contributed by atoms with Crippen molar-refractivity contribution < 1.29 is 4.79 Å². The number of carbonyl (C=O) groups is 1. The first-order valence-corrected chi connectivity index (χ1v) is 9.52. The molecule has 1 aliphatic heterocycles. The number of rotatable bonds is 5. The quantitative estimate of drug-likeness (QED) is 0.717. The van der Waals surface area contributed by atoms with Crippen molar-refractivity contribution in [3.63, 3.8) is 0 Å². The number of amides is 1. The first-order chi connectivity index (χ1) is 11.6. The fourth-order valence-electron chi connectivity index (χ4n) is 3.39. The molecular formula is C19H24Cl2N2O. The molecule has 5 heteroatoms. The molecule has 1 saturated carbocycles. The molecule has 1 aromatic rings. The SMILES string of the molecule is CCN1CCC(N(C(=O)/C=C\c2ccc(Cl)c(Cl)c2)C2CC2)CC1. The van der Waals surface area contributed by atoms with Crippen LogP contribution in [0.5, 0.6) is 0 Å². The van der Waals surface area contributed by atoms with E-state index in [1.165, 1.54) is 0 Å². The Morgan fingerprint density at radius 3 is 2.42 bits per heavy atom. The van der Waals surface area contributed by atoms with Gasteiger partial charge in [-0.2, -0.15) is 0 Å². The highest BCUT2D eigenvalue weighted by atomic mass is 35.5. The van der Waals surface area contributed by atoms with Crippen molar-refractivity contribution in [3.8, 4) is 0 Å². The normalized spacial score (nSPS) is 19.8. The number of nitrogens with zero attached hydrogens (tertiary/aromatic N) is 2. The molecule has 0 bridgehead atoms. The third-order valence-corrected chi connectivity index (χ3v) is 5.69. The van der Waals surface area contributed by atoms with E-state index in [1.54, 1.807) is 18.2 Å². The second kappa shape index (κ2) is 7.90. The number of piperidine rings is 1. The Bertz CT molecular complexity index is 620. The maximum atomic E-state index is 12.8. The summed E-state index contributed by atoms with van der Waals surface area (Å²) in [5.74, 6) is 0.124. The van der Waals surface area contributed by atoms with Crippen molar-refractivity contribution in [2.24, 2.45) is 0 Å². The maximum Gasteiger partial charge on any atom is 0.247 e. The summed E-state index contributed by atoms with van der Waals surface area (Å²) in [4.78, 5) is 17.3. The standard InChI is InChI=1S/C19H24Cl2N2O/c1-2-22-11-9-16(10-12-22)23(15-5-6-15)19(24)8-4-14-3-7-17(20)18(21)13-14/h3-4,7-8,13,15-16H,2,5-6,9-12H2,1H3/b8-4-. The van der Waals surface area contributed by atoms with Crippen molar-refractivity contribution in [2.45, 2.75) is 44.7 Å². The van der Waals surface area contributed by atoms with Crippen molar-refractivity contribution in [1.82, 2.24) is 9.80 Å². The smallest absolute Gasteiger partial charge is 0.247 e. The molecule has 1 aromatic carbocycles. The van der Waals surface area contributed by atoms with Gasteiger partial charge in [-0.1, -0.05) is 36.2 Å². The Labute approximate surface area is 154 Å². The Hall–Kier alpha value is -1.03. The highest BCUT2D eigenvalue weighted by Crippen LogP contribution is 2.32. The molecule has 2 fully saturated rings. The number of likely N-dealkylation sites (tertiary alicyclic amines) is 1. The van der Waals surface area contributed by atoms with Crippen molar-refractivity contribution in [3.05, 3.63) is 39.9 Å². The van der Waals surface area contributed by atoms with Crippen LogP contribution in [0, 0.1) is 0 Å². The molecular weight excluding hydrogens is 343 g/mol. The fourth-order valence-corrected chi connectivity index (χ4v) is 3.70. The lowest BCUT2D eigenvalue weighted by molar-refractivity contribution is -0.129. The monoisotopic (exact) mass is 366 g/mol. The number of carbonyl (C=O) groups excluding carboxylic acids is 1. The van der Waals surface area contributed by atoms with Gasteiger partial charge in [0.2, 0.25) is 5.91 Å². The van der Waals surface area contributed by atoms with Crippen molar-refractivity contribution in [1.29, 1.82) is 0 Å². The zero-order valence-electron chi connectivity index (χ0n) is 14.0. The van der Waals surface area contributed by atoms with Gasteiger partial charge in [0, 0.05) is 31.2 Å². The van der Waals surface area contributed by atoms with E-state index in [0.717, 1.165) is 50.9 Å². The van der Waals surface area contributed by atoms with Crippen LogP contribution in [0.4, 0.5) is 0 Å². The van der Waals surface area contributed by atoms with Gasteiger partial charge in [-0.3, -0.25) is 4.79 Å². The summed E-state index contributed by atoms with van der Waals surface area (Å²) in [6.45, 7) is 5.48. The molecule has 1 saturated heterocycles. The zero-order chi connectivity index (χ0) is 17.1. The van der Waals surface area contributed by atoms with Crippen LogP contribution in [0.15, 0.2) is 24.3 Å². The molecule has 1 amide bonds. The second-order valence-electron chi connectivity index (χ2n) is 6.65. The van der Waals surface area contributed by atoms with E-state index in [1.807, 2.05) is 12.1 Å². The van der Waals surface area contributed by atoms with Gasteiger partial charge in [-0.05, 0) is 56.0 Å². The molecule has 1 aliphatic carbocycles. The van der Waals surface area contributed by atoms with Crippen LogP contribution in [0.25, 0.3) is 6.08 Å². The van der Waals surface area contributed by atoms with Gasteiger partial charge >= 0.3 is 0 Å². The lowest BCUT2D eigenvalue weighted by atomic mass is 10.0. The molecule has 3 nitrogen and oxygen atoms in total. The van der Waals surface area contributed by atoms with E-state index < -0.39 is 0 Å². The van der Waals surface area contributed by atoms with Gasteiger partial charge < -0.3 is 9.80 Å². The minimum absolute atomic E-state index is 0.124. The van der Waals surface area contributed by atoms with Gasteiger partial charge in [0.1, 0.15) is 0 Å². The van der Waals surface area contributed by atoms with E-state index in [9.17, 15) is 4.79 Å². The largest absolute Gasteiger partial charge is 0.333 e. The Balaban J connectivity index is 1.66. The summed E-state index contributed by atoms with van der Waals surface area (Å²) in [5, 5.41) is 1.04. The lowest BCUT2D eigenvalue weighted by Gasteiger charge is -2.38. The van der Waals surface area contributed by atoms with Gasteiger partial charge in [-0.15, -0.1) is 0 Å². The Kier molecular flexibility index (Phi) is 5.85. The summed E-state index contributed by atoms with van der Waals surface area (Å²) < 4.78 is 0. The minimum Gasteiger partial charge on any atom is -0.333 e. The fraction of sp³-hybridized carbons (Fsp3) is 0.526. The van der Waals surface area contributed by atoms with Crippen LogP contribution in [-0.2, 0) is 4.79 Å². The molecule has 1 heterocycles. The van der Waals surface area contributed by atoms with E-state index >= 15 is 0 Å². The van der Waals surface area contributed by atoms with Crippen molar-refractivity contribution in [2.75, 3.05) is 19.6 Å². The summed E-state index contributed by atoms with van der Waals surface area (Å²) in [6, 6.07) is 6.24. The topological polar surface area (TPSA) is 23.6 Å². The molecule has 0 atom stereocenters. The van der Waals surface area contributed by atoms with E-state index in [2.05, 4.69) is 16.7 Å². The predicted octanol–water partition coefficient (Wildman–Crippen LogP) is 4.48. The van der Waals surface area contributed by atoms with Crippen LogP contribution in [-0.4, -0.2) is 47.4 Å². The van der Waals surface area contributed by atoms with Crippen LogP contribution in [0.1, 0.15) is 38.2 Å². The molecule has 0 spiro atoms. The highest BCUT2D eigenvalue weighted by molar-refractivity contribution is 6.42. The Morgan fingerprint density at radius 1 is 1.17 bits per heavy atom. The van der Waals surface area contributed by atoms with Gasteiger partial charge in [-0.25, -0.2) is 0 Å². The lowest BCUT2D eigenvalue weighted by Crippen LogP contribution is -2.47. The first kappa shape index (κ1) is 17.8. The molecule has 130 valence electrons. The first-order valence-electron chi connectivity index (χ1n) is 8.76. The summed E-state index contributed by atoms with van der Waals surface area (Å²) in [6.07, 6.45) is 7.96. The van der Waals surface area contributed by atoms with Crippen LogP contribution < -0.4 is 0 Å². The van der Waals surface area contributed by atoms with Gasteiger partial charge in [0.15, 0.2) is 0 Å². The third kappa shape index (κ3) is 4.33. The average Bonchev–Trinajstić information content (AvgIpc) is 3.42. The molecule has 0 radical (unpaired) electrons.